The number of benzene rings is 2. The van der Waals surface area contributed by atoms with Gasteiger partial charge in [-0.2, -0.15) is 0 Å². The second kappa shape index (κ2) is 9.29. The van der Waals surface area contributed by atoms with Gasteiger partial charge in [-0.05, 0) is 42.0 Å². The zero-order valence-corrected chi connectivity index (χ0v) is 17.0. The number of nitrogens with two attached hydrogens (primary N) is 1. The molecule has 0 saturated carbocycles. The number of anilines is 3. The predicted molar refractivity (Wildman–Crippen MR) is 117 cm³/mol. The number of halogens is 1. The van der Waals surface area contributed by atoms with E-state index in [4.69, 9.17) is 22.4 Å². The van der Waals surface area contributed by atoms with Gasteiger partial charge in [0.2, 0.25) is 0 Å². The van der Waals surface area contributed by atoms with E-state index in [1.165, 1.54) is 29.5 Å². The first-order valence-corrected chi connectivity index (χ1v) is 9.85. The predicted octanol–water partition coefficient (Wildman–Crippen LogP) is 4.26. The van der Waals surface area contributed by atoms with Crippen LogP contribution in [0.1, 0.15) is 25.6 Å². The Bertz CT molecular complexity index is 1120. The van der Waals surface area contributed by atoms with Gasteiger partial charge in [-0.1, -0.05) is 29.8 Å². The second-order valence-electron chi connectivity index (χ2n) is 6.13. The summed E-state index contributed by atoms with van der Waals surface area (Å²) in [7, 11) is 0. The number of nitrogen functional groups attached to an aromatic ring is 1. The molecule has 1 heterocycles. The molecule has 0 spiro atoms. The minimum absolute atomic E-state index is 0.125. The first kappa shape index (κ1) is 21.2. The van der Waals surface area contributed by atoms with Crippen LogP contribution in [0.3, 0.4) is 0 Å². The van der Waals surface area contributed by atoms with Crippen LogP contribution in [0.5, 0.6) is 0 Å². The van der Waals surface area contributed by atoms with Crippen molar-refractivity contribution >= 4 is 57.9 Å². The third kappa shape index (κ3) is 5.28. The van der Waals surface area contributed by atoms with Gasteiger partial charge in [0.15, 0.2) is 0 Å². The van der Waals surface area contributed by atoms with Crippen molar-refractivity contribution in [2.45, 2.75) is 6.54 Å². The molecule has 8 nitrogen and oxygen atoms in total. The highest BCUT2D eigenvalue weighted by Crippen LogP contribution is 2.23. The van der Waals surface area contributed by atoms with E-state index in [-0.39, 0.29) is 29.4 Å². The summed E-state index contributed by atoms with van der Waals surface area (Å²) in [5, 5.41) is 16.5. The number of para-hydroxylation sites is 1. The number of nitrogens with one attached hydrogen (secondary N) is 3. The molecule has 3 amide bonds. The molecule has 154 valence electrons. The molecule has 0 fully saturated rings. The molecule has 0 aliphatic carbocycles. The number of carbonyl (C=O) groups is 3. The van der Waals surface area contributed by atoms with Gasteiger partial charge in [0.05, 0.1) is 20.6 Å². The molecular formula is C20H17ClN4O4S. The molecule has 0 aliphatic heterocycles. The van der Waals surface area contributed by atoms with Crippen LogP contribution in [-0.2, 0) is 6.54 Å². The lowest BCUT2D eigenvalue weighted by atomic mass is 10.1. The van der Waals surface area contributed by atoms with Gasteiger partial charge in [-0.25, -0.2) is 4.79 Å². The molecule has 10 heteroatoms. The standard InChI is InChI=1S/C20H17ClN4O4S/c21-17-8-7-16(30-17)19(27)23-10-12-3-1-2-4-14(12)24-18(26)11-5-6-15(13(22)9-11)25-20(28)29/h1-9,25H,10,22H2,(H,23,27)(H,24,26)(H,28,29). The Balaban J connectivity index is 1.69. The van der Waals surface area contributed by atoms with Gasteiger partial charge < -0.3 is 21.5 Å². The molecule has 0 radical (unpaired) electrons. The Morgan fingerprint density at radius 1 is 0.967 bits per heavy atom. The third-order valence-electron chi connectivity index (χ3n) is 4.06. The Morgan fingerprint density at radius 3 is 2.40 bits per heavy atom. The summed E-state index contributed by atoms with van der Waals surface area (Å²) in [4.78, 5) is 36.1. The topological polar surface area (TPSA) is 134 Å². The zero-order chi connectivity index (χ0) is 21.7. The Hall–Kier alpha value is -3.56. The van der Waals surface area contributed by atoms with Crippen molar-refractivity contribution in [2.75, 3.05) is 16.4 Å². The lowest BCUT2D eigenvalue weighted by Crippen LogP contribution is -2.23. The fourth-order valence-electron chi connectivity index (χ4n) is 2.62. The normalized spacial score (nSPS) is 10.3. The molecule has 2 aromatic carbocycles. The maximum absolute atomic E-state index is 12.6. The summed E-state index contributed by atoms with van der Waals surface area (Å²) >= 11 is 7.04. The Morgan fingerprint density at radius 2 is 1.73 bits per heavy atom. The van der Waals surface area contributed by atoms with Crippen molar-refractivity contribution in [3.63, 3.8) is 0 Å². The van der Waals surface area contributed by atoms with Crippen molar-refractivity contribution in [1.29, 1.82) is 0 Å². The summed E-state index contributed by atoms with van der Waals surface area (Å²) in [5.41, 5.74) is 7.62. The van der Waals surface area contributed by atoms with Crippen LogP contribution in [0, 0.1) is 0 Å². The van der Waals surface area contributed by atoms with E-state index in [1.54, 1.807) is 36.4 Å². The number of amides is 3. The van der Waals surface area contributed by atoms with Gasteiger partial charge in [-0.3, -0.25) is 14.9 Å². The average Bonchev–Trinajstić information content (AvgIpc) is 3.14. The monoisotopic (exact) mass is 444 g/mol. The smallest absolute Gasteiger partial charge is 0.409 e. The van der Waals surface area contributed by atoms with Crippen molar-refractivity contribution in [1.82, 2.24) is 5.32 Å². The van der Waals surface area contributed by atoms with Gasteiger partial charge in [0, 0.05) is 17.8 Å². The van der Waals surface area contributed by atoms with E-state index in [1.807, 2.05) is 0 Å². The molecule has 1 aromatic heterocycles. The minimum atomic E-state index is -1.25. The van der Waals surface area contributed by atoms with Gasteiger partial charge >= 0.3 is 6.09 Å². The quantitative estimate of drug-likeness (QED) is 0.362. The van der Waals surface area contributed by atoms with Gasteiger partial charge in [-0.15, -0.1) is 11.3 Å². The summed E-state index contributed by atoms with van der Waals surface area (Å²) in [5.74, 6) is -0.685. The van der Waals surface area contributed by atoms with E-state index >= 15 is 0 Å². The van der Waals surface area contributed by atoms with Crippen LogP contribution in [-0.4, -0.2) is 23.0 Å². The molecule has 0 atom stereocenters. The first-order valence-electron chi connectivity index (χ1n) is 8.66. The number of hydrogen-bond donors (Lipinski definition) is 5. The Labute approximate surface area is 180 Å². The maximum atomic E-state index is 12.6. The van der Waals surface area contributed by atoms with E-state index in [2.05, 4.69) is 16.0 Å². The maximum Gasteiger partial charge on any atom is 0.409 e. The number of carboxylic acid groups (broad SMARTS) is 1. The zero-order valence-electron chi connectivity index (χ0n) is 15.4. The largest absolute Gasteiger partial charge is 0.465 e. The molecule has 6 N–H and O–H groups in total. The van der Waals surface area contributed by atoms with Crippen molar-refractivity contribution < 1.29 is 19.5 Å². The fraction of sp³-hybridized carbons (Fsp3) is 0.0500. The molecule has 0 unspecified atom stereocenters. The number of rotatable bonds is 6. The molecule has 30 heavy (non-hydrogen) atoms. The number of carbonyl (C=O) groups excluding carboxylic acids is 2. The number of thiophene rings is 1. The van der Waals surface area contributed by atoms with Crippen LogP contribution in [0.15, 0.2) is 54.6 Å². The highest BCUT2D eigenvalue weighted by atomic mass is 35.5. The van der Waals surface area contributed by atoms with Crippen LogP contribution < -0.4 is 21.7 Å². The second-order valence-corrected chi connectivity index (χ2v) is 7.84. The molecule has 0 bridgehead atoms. The van der Waals surface area contributed by atoms with Gasteiger partial charge in [0.25, 0.3) is 11.8 Å². The van der Waals surface area contributed by atoms with Crippen molar-refractivity contribution in [3.05, 3.63) is 74.9 Å². The van der Waals surface area contributed by atoms with E-state index < -0.39 is 12.0 Å². The molecule has 3 aromatic rings. The molecule has 3 rings (SSSR count). The highest BCUT2D eigenvalue weighted by molar-refractivity contribution is 7.18. The summed E-state index contributed by atoms with van der Waals surface area (Å²) < 4.78 is 0.525. The molecule has 0 aliphatic rings. The highest BCUT2D eigenvalue weighted by Gasteiger charge is 2.13. The van der Waals surface area contributed by atoms with Crippen LogP contribution >= 0.6 is 22.9 Å². The van der Waals surface area contributed by atoms with E-state index in [0.29, 0.717) is 20.5 Å². The van der Waals surface area contributed by atoms with Crippen LogP contribution in [0.4, 0.5) is 21.9 Å². The SMILES string of the molecule is Nc1cc(C(=O)Nc2ccccc2CNC(=O)c2ccc(Cl)s2)ccc1NC(=O)O. The van der Waals surface area contributed by atoms with Crippen LogP contribution in [0.2, 0.25) is 4.34 Å². The minimum Gasteiger partial charge on any atom is -0.465 e. The fourth-order valence-corrected chi connectivity index (χ4v) is 3.58. The van der Waals surface area contributed by atoms with E-state index in [0.717, 1.165) is 0 Å². The third-order valence-corrected chi connectivity index (χ3v) is 5.29. The average molecular weight is 445 g/mol. The Kier molecular flexibility index (Phi) is 6.55. The van der Waals surface area contributed by atoms with Crippen molar-refractivity contribution in [3.8, 4) is 0 Å². The summed E-state index contributed by atoms with van der Waals surface area (Å²) in [6, 6.07) is 14.6. The first-order chi connectivity index (χ1) is 14.3. The molecular weight excluding hydrogens is 428 g/mol. The summed E-state index contributed by atoms with van der Waals surface area (Å²) in [6.07, 6.45) is -1.25. The van der Waals surface area contributed by atoms with Crippen molar-refractivity contribution in [2.24, 2.45) is 0 Å². The van der Waals surface area contributed by atoms with Crippen LogP contribution in [0.25, 0.3) is 0 Å². The number of hydrogen-bond acceptors (Lipinski definition) is 5. The van der Waals surface area contributed by atoms with Gasteiger partial charge in [0.1, 0.15) is 0 Å². The molecule has 0 saturated heterocycles. The lowest BCUT2D eigenvalue weighted by Gasteiger charge is -2.13. The lowest BCUT2D eigenvalue weighted by molar-refractivity contribution is 0.0954. The van der Waals surface area contributed by atoms with E-state index in [9.17, 15) is 14.4 Å². The summed E-state index contributed by atoms with van der Waals surface area (Å²) in [6.45, 7) is 0.203.